The predicted octanol–water partition coefficient (Wildman–Crippen LogP) is 3.82. The Hall–Kier alpha value is -3.22. The number of amides is 1. The number of nitrogens with zero attached hydrogens (tertiary/aromatic N) is 3. The molecular weight excluding hydrogens is 359 g/mol. The van der Waals surface area contributed by atoms with Crippen LogP contribution in [0.5, 0.6) is 5.88 Å². The molecule has 0 fully saturated rings. The number of nitrogens with one attached hydrogen (secondary N) is 1. The molecule has 0 saturated heterocycles. The maximum Gasteiger partial charge on any atom is 0.255 e. The lowest BCUT2D eigenvalue weighted by Crippen LogP contribution is -2.24. The van der Waals surface area contributed by atoms with E-state index in [1.165, 1.54) is 16.9 Å². The zero-order chi connectivity index (χ0) is 19.9. The van der Waals surface area contributed by atoms with Crippen LogP contribution in [0.25, 0.3) is 5.69 Å². The van der Waals surface area contributed by atoms with Gasteiger partial charge in [-0.05, 0) is 31.5 Å². The molecule has 0 bridgehead atoms. The van der Waals surface area contributed by atoms with Crippen molar-refractivity contribution in [2.24, 2.45) is 0 Å². The normalized spacial score (nSPS) is 10.7. The van der Waals surface area contributed by atoms with Gasteiger partial charge in [0.25, 0.3) is 5.91 Å². The van der Waals surface area contributed by atoms with Crippen molar-refractivity contribution in [1.29, 1.82) is 0 Å². The molecule has 0 unspecified atom stereocenters. The molecule has 1 N–H and O–H groups in total. The number of para-hydroxylation sites is 1. The van der Waals surface area contributed by atoms with Crippen LogP contribution in [0.1, 0.15) is 41.4 Å². The van der Waals surface area contributed by atoms with Gasteiger partial charge in [0.05, 0.1) is 24.1 Å². The van der Waals surface area contributed by atoms with Gasteiger partial charge >= 0.3 is 0 Å². The van der Waals surface area contributed by atoms with Crippen LogP contribution in [0.3, 0.4) is 0 Å². The van der Waals surface area contributed by atoms with Crippen LogP contribution in [0.4, 0.5) is 4.39 Å². The first-order valence-corrected chi connectivity index (χ1v) is 9.26. The monoisotopic (exact) mass is 382 g/mol. The number of benzene rings is 1. The second-order valence-corrected chi connectivity index (χ2v) is 6.36. The molecular formula is C21H23FN4O2. The van der Waals surface area contributed by atoms with Crippen molar-refractivity contribution < 1.29 is 13.9 Å². The van der Waals surface area contributed by atoms with Crippen molar-refractivity contribution in [2.45, 2.75) is 33.2 Å². The summed E-state index contributed by atoms with van der Waals surface area (Å²) in [5.41, 5.74) is 2.05. The van der Waals surface area contributed by atoms with E-state index in [4.69, 9.17) is 4.74 Å². The SMILES string of the molecule is CCCCOc1ncccc1CNC(=O)c1cnn(-c2ccccc2F)c1C. The summed E-state index contributed by atoms with van der Waals surface area (Å²) in [4.78, 5) is 16.9. The molecule has 2 aromatic heterocycles. The number of pyridine rings is 1. The number of halogens is 1. The first-order chi connectivity index (χ1) is 13.6. The number of unbranched alkanes of at least 4 members (excludes halogenated alkanes) is 1. The van der Waals surface area contributed by atoms with Crippen LogP contribution >= 0.6 is 0 Å². The Bertz CT molecular complexity index is 955. The number of carbonyl (C=O) groups is 1. The minimum atomic E-state index is -0.398. The van der Waals surface area contributed by atoms with Crippen LogP contribution in [-0.2, 0) is 6.54 Å². The fraction of sp³-hybridized carbons (Fsp3) is 0.286. The number of carbonyl (C=O) groups excluding carboxylic acids is 1. The van der Waals surface area contributed by atoms with Crippen LogP contribution in [-0.4, -0.2) is 27.3 Å². The summed E-state index contributed by atoms with van der Waals surface area (Å²) in [6.45, 7) is 4.69. The Labute approximate surface area is 163 Å². The number of hydrogen-bond donors (Lipinski definition) is 1. The largest absolute Gasteiger partial charge is 0.477 e. The molecule has 0 saturated carbocycles. The molecule has 1 amide bonds. The van der Waals surface area contributed by atoms with Gasteiger partial charge in [-0.3, -0.25) is 4.79 Å². The first kappa shape index (κ1) is 19.5. The van der Waals surface area contributed by atoms with Crippen molar-refractivity contribution >= 4 is 5.91 Å². The van der Waals surface area contributed by atoms with Gasteiger partial charge in [-0.1, -0.05) is 31.5 Å². The van der Waals surface area contributed by atoms with Gasteiger partial charge in [0.15, 0.2) is 0 Å². The van der Waals surface area contributed by atoms with Crippen molar-refractivity contribution in [3.8, 4) is 11.6 Å². The maximum absolute atomic E-state index is 14.0. The third-order valence-corrected chi connectivity index (χ3v) is 4.36. The number of ether oxygens (including phenoxy) is 1. The van der Waals surface area contributed by atoms with Gasteiger partial charge in [0.2, 0.25) is 5.88 Å². The summed E-state index contributed by atoms with van der Waals surface area (Å²) in [6, 6.07) is 9.98. The van der Waals surface area contributed by atoms with Gasteiger partial charge < -0.3 is 10.1 Å². The van der Waals surface area contributed by atoms with Gasteiger partial charge in [0.1, 0.15) is 11.5 Å². The minimum absolute atomic E-state index is 0.276. The Balaban J connectivity index is 1.71. The summed E-state index contributed by atoms with van der Waals surface area (Å²) < 4.78 is 21.1. The standard InChI is InChI=1S/C21H23FN4O2/c1-3-4-12-28-21-16(8-7-11-23-21)13-24-20(27)17-14-25-26(15(17)2)19-10-6-5-9-18(19)22/h5-11,14H,3-4,12-13H2,1-2H3,(H,24,27). The molecule has 7 heteroatoms. The van der Waals surface area contributed by atoms with Crippen LogP contribution < -0.4 is 10.1 Å². The average molecular weight is 382 g/mol. The Kier molecular flexibility index (Phi) is 6.37. The number of rotatable bonds is 8. The van der Waals surface area contributed by atoms with E-state index < -0.39 is 5.82 Å². The van der Waals surface area contributed by atoms with Crippen LogP contribution in [0.2, 0.25) is 0 Å². The average Bonchev–Trinajstić information content (AvgIpc) is 3.09. The van der Waals surface area contributed by atoms with Crippen molar-refractivity contribution in [2.75, 3.05) is 6.61 Å². The lowest BCUT2D eigenvalue weighted by atomic mass is 10.2. The van der Waals surface area contributed by atoms with E-state index in [0.717, 1.165) is 18.4 Å². The highest BCUT2D eigenvalue weighted by atomic mass is 19.1. The van der Waals surface area contributed by atoms with Crippen molar-refractivity contribution in [3.63, 3.8) is 0 Å². The van der Waals surface area contributed by atoms with E-state index >= 15 is 0 Å². The summed E-state index contributed by atoms with van der Waals surface area (Å²) in [5.74, 6) is -0.164. The van der Waals surface area contributed by atoms with Crippen molar-refractivity contribution in [3.05, 3.63) is 71.4 Å². The quantitative estimate of drug-likeness (QED) is 0.601. The molecule has 3 rings (SSSR count). The van der Waals surface area contributed by atoms with Gasteiger partial charge in [-0.2, -0.15) is 5.10 Å². The molecule has 6 nitrogen and oxygen atoms in total. The van der Waals surface area contributed by atoms with E-state index in [0.29, 0.717) is 29.4 Å². The van der Waals surface area contributed by atoms with Crippen LogP contribution in [0, 0.1) is 12.7 Å². The third kappa shape index (κ3) is 4.36. The zero-order valence-corrected chi connectivity index (χ0v) is 16.0. The Morgan fingerprint density at radius 1 is 1.25 bits per heavy atom. The number of aromatic nitrogens is 3. The lowest BCUT2D eigenvalue weighted by molar-refractivity contribution is 0.0950. The highest BCUT2D eigenvalue weighted by molar-refractivity contribution is 5.95. The minimum Gasteiger partial charge on any atom is -0.477 e. The van der Waals surface area contributed by atoms with Gasteiger partial charge in [0, 0.05) is 18.3 Å². The smallest absolute Gasteiger partial charge is 0.255 e. The highest BCUT2D eigenvalue weighted by Crippen LogP contribution is 2.18. The van der Waals surface area contributed by atoms with E-state index in [2.05, 4.69) is 22.3 Å². The maximum atomic E-state index is 14.0. The van der Waals surface area contributed by atoms with E-state index in [1.54, 1.807) is 37.4 Å². The number of hydrogen-bond acceptors (Lipinski definition) is 4. The predicted molar refractivity (Wildman–Crippen MR) is 104 cm³/mol. The molecule has 3 aromatic rings. The molecule has 1 aromatic carbocycles. The topological polar surface area (TPSA) is 69.0 Å². The van der Waals surface area contributed by atoms with Gasteiger partial charge in [-0.25, -0.2) is 14.1 Å². The summed E-state index contributed by atoms with van der Waals surface area (Å²) in [7, 11) is 0. The fourth-order valence-corrected chi connectivity index (χ4v) is 2.77. The highest BCUT2D eigenvalue weighted by Gasteiger charge is 2.17. The molecule has 0 aliphatic rings. The Morgan fingerprint density at radius 3 is 2.86 bits per heavy atom. The molecule has 0 aliphatic heterocycles. The second-order valence-electron chi connectivity index (χ2n) is 6.36. The molecule has 146 valence electrons. The molecule has 28 heavy (non-hydrogen) atoms. The fourth-order valence-electron chi connectivity index (χ4n) is 2.77. The summed E-state index contributed by atoms with van der Waals surface area (Å²) in [6.07, 6.45) is 5.08. The molecule has 0 atom stereocenters. The third-order valence-electron chi connectivity index (χ3n) is 4.36. The lowest BCUT2D eigenvalue weighted by Gasteiger charge is -2.11. The van der Waals surface area contributed by atoms with Gasteiger partial charge in [-0.15, -0.1) is 0 Å². The molecule has 0 aliphatic carbocycles. The first-order valence-electron chi connectivity index (χ1n) is 9.26. The van der Waals surface area contributed by atoms with E-state index in [9.17, 15) is 9.18 Å². The van der Waals surface area contributed by atoms with Crippen molar-refractivity contribution in [1.82, 2.24) is 20.1 Å². The molecule has 0 spiro atoms. The van der Waals surface area contributed by atoms with E-state index in [-0.39, 0.29) is 12.5 Å². The van der Waals surface area contributed by atoms with E-state index in [1.807, 2.05) is 6.07 Å². The van der Waals surface area contributed by atoms with Crippen LogP contribution in [0.15, 0.2) is 48.8 Å². The second kappa shape index (κ2) is 9.12. The summed E-state index contributed by atoms with van der Waals surface area (Å²) in [5, 5.41) is 7.03. The Morgan fingerprint density at radius 2 is 2.07 bits per heavy atom. The summed E-state index contributed by atoms with van der Waals surface area (Å²) >= 11 is 0. The molecule has 2 heterocycles. The molecule has 0 radical (unpaired) electrons. The zero-order valence-electron chi connectivity index (χ0n) is 16.0.